The third kappa shape index (κ3) is 2.58. The summed E-state index contributed by atoms with van der Waals surface area (Å²) in [6, 6.07) is 0. The fourth-order valence-corrected chi connectivity index (χ4v) is 2.48. The van der Waals surface area contributed by atoms with Crippen LogP contribution in [-0.4, -0.2) is 69.1 Å². The topological polar surface area (TPSA) is 24.9 Å². The molecule has 2 aliphatic heterocycles. The Labute approximate surface area is 91.4 Å². The molecule has 2 saturated heterocycles. The van der Waals surface area contributed by atoms with E-state index in [9.17, 15) is 0 Å². The number of nitrogens with zero attached hydrogens (tertiary/aromatic N) is 2. The molecule has 0 unspecified atom stereocenters. The summed E-state index contributed by atoms with van der Waals surface area (Å²) in [6.45, 7) is 8.95. The zero-order valence-corrected chi connectivity index (χ0v) is 9.66. The third-order valence-corrected chi connectivity index (χ3v) is 2.82. The van der Waals surface area contributed by atoms with Gasteiger partial charge in [-0.1, -0.05) is 6.58 Å². The molecule has 1 spiro atoms. The van der Waals surface area contributed by atoms with Gasteiger partial charge in [0.1, 0.15) is 0 Å². The highest BCUT2D eigenvalue weighted by Crippen LogP contribution is 2.23. The Morgan fingerprint density at radius 2 is 1.53 bits per heavy atom. The zero-order valence-electron chi connectivity index (χ0n) is 9.66. The van der Waals surface area contributed by atoms with Gasteiger partial charge in [-0.15, -0.1) is 0 Å². The lowest BCUT2D eigenvalue weighted by Crippen LogP contribution is -2.53. The Bertz CT molecular complexity index is 231. The van der Waals surface area contributed by atoms with Crippen LogP contribution in [0.2, 0.25) is 0 Å². The van der Waals surface area contributed by atoms with Gasteiger partial charge in [-0.2, -0.15) is 0 Å². The molecule has 2 heterocycles. The maximum Gasteiger partial charge on any atom is 0.194 e. The van der Waals surface area contributed by atoms with Crippen molar-refractivity contribution in [2.24, 2.45) is 0 Å². The molecular formula is C11H20N2O2. The van der Waals surface area contributed by atoms with Crippen LogP contribution in [0.1, 0.15) is 0 Å². The minimum Gasteiger partial charge on any atom is -0.345 e. The Morgan fingerprint density at radius 3 is 2.00 bits per heavy atom. The normalized spacial score (nSPS) is 29.3. The van der Waals surface area contributed by atoms with Gasteiger partial charge in [-0.25, -0.2) is 0 Å². The van der Waals surface area contributed by atoms with E-state index in [1.807, 2.05) is 0 Å². The van der Waals surface area contributed by atoms with E-state index in [4.69, 9.17) is 9.47 Å². The molecule has 0 aromatic carbocycles. The first-order valence-corrected chi connectivity index (χ1v) is 5.41. The molecule has 4 heteroatoms. The number of likely N-dealkylation sites (N-methyl/N-ethyl adjacent to an activating group) is 2. The second-order valence-electron chi connectivity index (χ2n) is 4.70. The van der Waals surface area contributed by atoms with E-state index in [1.54, 1.807) is 0 Å². The summed E-state index contributed by atoms with van der Waals surface area (Å²) < 4.78 is 11.5. The predicted octanol–water partition coefficient (Wildman–Crippen LogP) is 0.163. The minimum absolute atomic E-state index is 0.412. The standard InChI is InChI=1S/C11H20N2O2/c1-10-6-12(2)8-11(9-13(3)7-10)14-4-5-15-11/h1,4-9H2,2-3H3. The van der Waals surface area contributed by atoms with Crippen molar-refractivity contribution in [1.29, 1.82) is 0 Å². The molecule has 0 radical (unpaired) electrons. The molecule has 2 rings (SSSR count). The van der Waals surface area contributed by atoms with Gasteiger partial charge in [0.15, 0.2) is 5.79 Å². The van der Waals surface area contributed by atoms with Gasteiger partial charge in [-0.3, -0.25) is 9.80 Å². The molecule has 15 heavy (non-hydrogen) atoms. The van der Waals surface area contributed by atoms with Crippen LogP contribution in [0.25, 0.3) is 0 Å². The highest BCUT2D eigenvalue weighted by atomic mass is 16.7. The highest BCUT2D eigenvalue weighted by molar-refractivity contribution is 5.02. The SMILES string of the molecule is C=C1CN(C)CC2(CN(C)C1)OCCO2. The summed E-state index contributed by atoms with van der Waals surface area (Å²) in [5.74, 6) is -0.412. The van der Waals surface area contributed by atoms with Gasteiger partial charge in [-0.05, 0) is 19.7 Å². The largest absolute Gasteiger partial charge is 0.345 e. The van der Waals surface area contributed by atoms with Gasteiger partial charge in [0.05, 0.1) is 26.3 Å². The average Bonchev–Trinajstić information content (AvgIpc) is 2.49. The van der Waals surface area contributed by atoms with Gasteiger partial charge in [0.2, 0.25) is 0 Å². The molecule has 0 aromatic heterocycles. The van der Waals surface area contributed by atoms with Crippen LogP contribution in [0.3, 0.4) is 0 Å². The van der Waals surface area contributed by atoms with Gasteiger partial charge in [0, 0.05) is 13.1 Å². The first-order chi connectivity index (χ1) is 7.10. The summed E-state index contributed by atoms with van der Waals surface area (Å²) in [7, 11) is 4.17. The quantitative estimate of drug-likeness (QED) is 0.534. The predicted molar refractivity (Wildman–Crippen MR) is 58.8 cm³/mol. The van der Waals surface area contributed by atoms with Crippen LogP contribution in [0, 0.1) is 0 Å². The summed E-state index contributed by atoms with van der Waals surface area (Å²) in [4.78, 5) is 4.45. The molecular weight excluding hydrogens is 192 g/mol. The molecule has 0 amide bonds. The molecule has 0 saturated carbocycles. The molecule has 86 valence electrons. The van der Waals surface area contributed by atoms with E-state index in [0.29, 0.717) is 13.2 Å². The van der Waals surface area contributed by atoms with E-state index in [2.05, 4.69) is 30.5 Å². The molecule has 0 aromatic rings. The molecule has 2 fully saturated rings. The first-order valence-electron chi connectivity index (χ1n) is 5.41. The van der Waals surface area contributed by atoms with E-state index in [0.717, 1.165) is 26.2 Å². The Kier molecular flexibility index (Phi) is 3.11. The fourth-order valence-electron chi connectivity index (χ4n) is 2.48. The van der Waals surface area contributed by atoms with Gasteiger partial charge in [0.25, 0.3) is 0 Å². The van der Waals surface area contributed by atoms with Crippen molar-refractivity contribution in [3.8, 4) is 0 Å². The Morgan fingerprint density at radius 1 is 1.07 bits per heavy atom. The van der Waals surface area contributed by atoms with E-state index >= 15 is 0 Å². The Balaban J connectivity index is 2.08. The number of ether oxygens (including phenoxy) is 2. The van der Waals surface area contributed by atoms with Crippen LogP contribution in [-0.2, 0) is 9.47 Å². The van der Waals surface area contributed by atoms with Crippen molar-refractivity contribution in [2.75, 3.05) is 53.5 Å². The molecule has 0 aliphatic carbocycles. The van der Waals surface area contributed by atoms with Crippen molar-refractivity contribution in [2.45, 2.75) is 5.79 Å². The van der Waals surface area contributed by atoms with Crippen LogP contribution in [0.15, 0.2) is 12.2 Å². The third-order valence-electron chi connectivity index (χ3n) is 2.82. The lowest BCUT2D eigenvalue weighted by molar-refractivity contribution is -0.180. The number of hydrogen-bond donors (Lipinski definition) is 0. The molecule has 0 N–H and O–H groups in total. The van der Waals surface area contributed by atoms with Crippen molar-refractivity contribution in [3.05, 3.63) is 12.2 Å². The summed E-state index contributed by atoms with van der Waals surface area (Å²) in [5, 5.41) is 0. The average molecular weight is 212 g/mol. The Hall–Kier alpha value is -0.420. The van der Waals surface area contributed by atoms with Crippen molar-refractivity contribution in [3.63, 3.8) is 0 Å². The van der Waals surface area contributed by atoms with E-state index in [1.165, 1.54) is 5.57 Å². The minimum atomic E-state index is -0.412. The zero-order chi connectivity index (χ0) is 10.9. The second-order valence-corrected chi connectivity index (χ2v) is 4.70. The van der Waals surface area contributed by atoms with Gasteiger partial charge < -0.3 is 9.47 Å². The number of hydrogen-bond acceptors (Lipinski definition) is 4. The lowest BCUT2D eigenvalue weighted by atomic mass is 10.1. The van der Waals surface area contributed by atoms with Crippen LogP contribution < -0.4 is 0 Å². The fraction of sp³-hybridized carbons (Fsp3) is 0.818. The van der Waals surface area contributed by atoms with Crippen LogP contribution in [0.5, 0.6) is 0 Å². The maximum atomic E-state index is 5.76. The van der Waals surface area contributed by atoms with Gasteiger partial charge >= 0.3 is 0 Å². The molecule has 2 aliphatic rings. The van der Waals surface area contributed by atoms with Crippen molar-refractivity contribution < 1.29 is 9.47 Å². The van der Waals surface area contributed by atoms with E-state index in [-0.39, 0.29) is 0 Å². The summed E-state index contributed by atoms with van der Waals surface area (Å²) in [5.41, 5.74) is 1.24. The lowest BCUT2D eigenvalue weighted by Gasteiger charge is -2.38. The monoisotopic (exact) mass is 212 g/mol. The smallest absolute Gasteiger partial charge is 0.194 e. The number of rotatable bonds is 0. The van der Waals surface area contributed by atoms with Crippen LogP contribution in [0.4, 0.5) is 0 Å². The molecule has 0 atom stereocenters. The maximum absolute atomic E-state index is 5.76. The second kappa shape index (κ2) is 4.22. The molecule has 4 nitrogen and oxygen atoms in total. The van der Waals surface area contributed by atoms with E-state index < -0.39 is 5.79 Å². The van der Waals surface area contributed by atoms with Crippen molar-refractivity contribution in [1.82, 2.24) is 9.80 Å². The summed E-state index contributed by atoms with van der Waals surface area (Å²) in [6.07, 6.45) is 0. The van der Waals surface area contributed by atoms with Crippen LogP contribution >= 0.6 is 0 Å². The first kappa shape index (κ1) is 11.1. The molecule has 0 bridgehead atoms. The highest BCUT2D eigenvalue weighted by Gasteiger charge is 2.39. The van der Waals surface area contributed by atoms with Crippen molar-refractivity contribution >= 4 is 0 Å². The summed E-state index contributed by atoms with van der Waals surface area (Å²) >= 11 is 0.